The van der Waals surface area contributed by atoms with Crippen molar-refractivity contribution in [1.82, 2.24) is 0 Å². The summed E-state index contributed by atoms with van der Waals surface area (Å²) in [5, 5.41) is 0. The van der Waals surface area contributed by atoms with Gasteiger partial charge in [-0.25, -0.2) is 13.0 Å². The summed E-state index contributed by atoms with van der Waals surface area (Å²) in [6.45, 7) is 0.746. The lowest BCUT2D eigenvalue weighted by atomic mass is 10.3. The number of pyridine rings is 1. The topological polar surface area (TPSA) is 136 Å². The van der Waals surface area contributed by atoms with Crippen molar-refractivity contribution in [2.45, 2.75) is 19.4 Å². The smallest absolute Gasteiger partial charge is 0.394 e. The molecule has 2 N–H and O–H groups in total. The summed E-state index contributed by atoms with van der Waals surface area (Å²) in [4.78, 5) is 0. The van der Waals surface area contributed by atoms with E-state index in [1.165, 1.54) is 0 Å². The van der Waals surface area contributed by atoms with Gasteiger partial charge in [-0.15, -0.1) is 0 Å². The number of unbranched alkanes of at least 4 members (excludes halogenated alkanes) is 1. The zero-order valence-corrected chi connectivity index (χ0v) is 11.5. The minimum atomic E-state index is -4.67. The SMILES string of the molecule is O=S(=O)(O)O.O=S(=O)([O-])CCCC[n+]1ccccc1. The largest absolute Gasteiger partial charge is 0.748 e. The normalized spacial score (nSPS) is 11.5. The van der Waals surface area contributed by atoms with Gasteiger partial charge in [-0.2, -0.15) is 8.42 Å². The molecule has 19 heavy (non-hydrogen) atoms. The molecule has 0 aliphatic rings. The first-order valence-corrected chi connectivity index (χ1v) is 8.13. The average Bonchev–Trinajstić information content (AvgIpc) is 2.22. The van der Waals surface area contributed by atoms with Crippen LogP contribution in [0.2, 0.25) is 0 Å². The lowest BCUT2D eigenvalue weighted by Crippen LogP contribution is -2.32. The van der Waals surface area contributed by atoms with Gasteiger partial charge in [0.15, 0.2) is 12.4 Å². The Labute approximate surface area is 112 Å². The molecule has 0 aliphatic heterocycles. The van der Waals surface area contributed by atoms with Crippen LogP contribution < -0.4 is 4.57 Å². The number of aryl methyl sites for hydroxylation is 1. The molecule has 8 nitrogen and oxygen atoms in total. The molecule has 0 fully saturated rings. The summed E-state index contributed by atoms with van der Waals surface area (Å²) < 4.78 is 64.4. The molecule has 0 spiro atoms. The van der Waals surface area contributed by atoms with Crippen LogP contribution in [0.3, 0.4) is 0 Å². The molecule has 0 unspecified atom stereocenters. The van der Waals surface area contributed by atoms with Gasteiger partial charge in [-0.05, 0) is 6.42 Å². The Morgan fingerprint density at radius 1 is 0.947 bits per heavy atom. The van der Waals surface area contributed by atoms with E-state index in [1.54, 1.807) is 0 Å². The fraction of sp³-hybridized carbons (Fsp3) is 0.444. The van der Waals surface area contributed by atoms with Crippen LogP contribution in [0.15, 0.2) is 30.6 Å². The van der Waals surface area contributed by atoms with E-state index in [2.05, 4.69) is 0 Å². The lowest BCUT2D eigenvalue weighted by Gasteiger charge is -2.04. The van der Waals surface area contributed by atoms with Crippen molar-refractivity contribution in [3.8, 4) is 0 Å². The second kappa shape index (κ2) is 8.17. The van der Waals surface area contributed by atoms with E-state index in [0.29, 0.717) is 12.8 Å². The molecule has 0 bridgehead atoms. The van der Waals surface area contributed by atoms with E-state index in [4.69, 9.17) is 17.5 Å². The molecule has 0 saturated heterocycles. The minimum Gasteiger partial charge on any atom is -0.748 e. The van der Waals surface area contributed by atoms with Crippen molar-refractivity contribution < 1.29 is 35.1 Å². The molecule has 0 saturated carbocycles. The first-order valence-electron chi connectivity index (χ1n) is 5.15. The van der Waals surface area contributed by atoms with Crippen LogP contribution in [0.5, 0.6) is 0 Å². The Kier molecular flexibility index (Phi) is 7.71. The summed E-state index contributed by atoms with van der Waals surface area (Å²) in [5.74, 6) is -0.263. The van der Waals surface area contributed by atoms with Gasteiger partial charge < -0.3 is 4.55 Å². The van der Waals surface area contributed by atoms with Crippen LogP contribution in [0.4, 0.5) is 0 Å². The molecule has 1 heterocycles. The van der Waals surface area contributed by atoms with E-state index in [1.807, 2.05) is 35.2 Å². The van der Waals surface area contributed by atoms with Crippen molar-refractivity contribution in [3.63, 3.8) is 0 Å². The standard InChI is InChI=1S/C9H13NO3S.H2O4S/c11-14(12,13)9-5-4-8-10-6-2-1-3-7-10;1-5(2,3)4/h1-3,6-7H,4-5,8-9H2;(H2,1,2,3,4). The highest BCUT2D eigenvalue weighted by atomic mass is 32.3. The van der Waals surface area contributed by atoms with Crippen LogP contribution in [0.1, 0.15) is 12.8 Å². The maximum absolute atomic E-state index is 10.3. The third kappa shape index (κ3) is 16.9. The van der Waals surface area contributed by atoms with Gasteiger partial charge in [0.2, 0.25) is 0 Å². The Morgan fingerprint density at radius 2 is 1.42 bits per heavy atom. The van der Waals surface area contributed by atoms with E-state index >= 15 is 0 Å². The van der Waals surface area contributed by atoms with Gasteiger partial charge in [-0.3, -0.25) is 9.11 Å². The Morgan fingerprint density at radius 3 is 1.84 bits per heavy atom. The summed E-state index contributed by atoms with van der Waals surface area (Å²) in [7, 11) is -8.70. The molecule has 0 aliphatic carbocycles. The second-order valence-electron chi connectivity index (χ2n) is 3.53. The van der Waals surface area contributed by atoms with Gasteiger partial charge in [-0.1, -0.05) is 6.07 Å². The second-order valence-corrected chi connectivity index (χ2v) is 5.95. The summed E-state index contributed by atoms with van der Waals surface area (Å²) >= 11 is 0. The highest BCUT2D eigenvalue weighted by molar-refractivity contribution is 7.85. The Balaban J connectivity index is 0.000000555. The molecule has 0 aromatic carbocycles. The average molecular weight is 313 g/mol. The monoisotopic (exact) mass is 313 g/mol. The third-order valence-corrected chi connectivity index (χ3v) is 2.63. The zero-order valence-electron chi connectivity index (χ0n) is 9.91. The highest BCUT2D eigenvalue weighted by Crippen LogP contribution is 1.93. The first kappa shape index (κ1) is 17.9. The molecule has 0 radical (unpaired) electrons. The van der Waals surface area contributed by atoms with Crippen LogP contribution in [0, 0.1) is 0 Å². The van der Waals surface area contributed by atoms with Crippen LogP contribution in [-0.2, 0) is 27.1 Å². The Hall–Kier alpha value is -1.07. The molecule has 1 aromatic rings. The number of hydrogen-bond donors (Lipinski definition) is 2. The first-order chi connectivity index (χ1) is 8.58. The molecular weight excluding hydrogens is 298 g/mol. The molecular formula is C9H15NO7S2. The number of rotatable bonds is 5. The number of nitrogens with zero attached hydrogens (tertiary/aromatic N) is 1. The van der Waals surface area contributed by atoms with E-state index in [-0.39, 0.29) is 5.75 Å². The zero-order chi connectivity index (χ0) is 14.9. The van der Waals surface area contributed by atoms with E-state index in [0.717, 1.165) is 6.54 Å². The summed E-state index contributed by atoms with van der Waals surface area (Å²) in [6.07, 6.45) is 4.95. The predicted octanol–water partition coefficient (Wildman–Crippen LogP) is -0.353. The van der Waals surface area contributed by atoms with E-state index < -0.39 is 20.5 Å². The molecule has 0 amide bonds. The van der Waals surface area contributed by atoms with Crippen molar-refractivity contribution in [2.24, 2.45) is 0 Å². The third-order valence-electron chi connectivity index (χ3n) is 1.84. The fourth-order valence-electron chi connectivity index (χ4n) is 1.16. The maximum Gasteiger partial charge on any atom is 0.394 e. The predicted molar refractivity (Wildman–Crippen MR) is 64.6 cm³/mol. The molecule has 110 valence electrons. The van der Waals surface area contributed by atoms with E-state index in [9.17, 15) is 13.0 Å². The molecule has 0 atom stereocenters. The van der Waals surface area contributed by atoms with Crippen molar-refractivity contribution >= 4 is 20.5 Å². The molecule has 1 aromatic heterocycles. The quantitative estimate of drug-likeness (QED) is 0.430. The number of hydrogen-bond acceptors (Lipinski definition) is 5. The van der Waals surface area contributed by atoms with Gasteiger partial charge >= 0.3 is 10.4 Å². The highest BCUT2D eigenvalue weighted by Gasteiger charge is 1.99. The lowest BCUT2D eigenvalue weighted by molar-refractivity contribution is -0.697. The summed E-state index contributed by atoms with van der Waals surface area (Å²) in [5.41, 5.74) is 0. The van der Waals surface area contributed by atoms with Gasteiger partial charge in [0.05, 0.1) is 10.1 Å². The van der Waals surface area contributed by atoms with Crippen molar-refractivity contribution in [2.75, 3.05) is 5.75 Å². The number of aromatic nitrogens is 1. The van der Waals surface area contributed by atoms with Crippen LogP contribution in [-0.4, -0.2) is 36.2 Å². The Bertz CT molecular complexity index is 545. The summed E-state index contributed by atoms with van der Waals surface area (Å²) in [6, 6.07) is 5.73. The van der Waals surface area contributed by atoms with Gasteiger partial charge in [0.25, 0.3) is 0 Å². The van der Waals surface area contributed by atoms with Gasteiger partial charge in [0, 0.05) is 24.3 Å². The molecule has 1 rings (SSSR count). The minimum absolute atomic E-state index is 0.263. The van der Waals surface area contributed by atoms with Crippen LogP contribution >= 0.6 is 0 Å². The van der Waals surface area contributed by atoms with Gasteiger partial charge in [0.1, 0.15) is 6.54 Å². The fourth-order valence-corrected chi connectivity index (χ4v) is 1.71. The molecule has 10 heteroatoms. The van der Waals surface area contributed by atoms with Crippen molar-refractivity contribution in [1.29, 1.82) is 0 Å². The van der Waals surface area contributed by atoms with Crippen LogP contribution in [0.25, 0.3) is 0 Å². The van der Waals surface area contributed by atoms with Crippen molar-refractivity contribution in [3.05, 3.63) is 30.6 Å². The maximum atomic E-state index is 10.3.